The van der Waals surface area contributed by atoms with Crippen LogP contribution in [0.15, 0.2) is 47.6 Å². The number of ether oxygens (including phenoxy) is 2. The van der Waals surface area contributed by atoms with Gasteiger partial charge in [-0.2, -0.15) is 0 Å². The van der Waals surface area contributed by atoms with Crippen molar-refractivity contribution in [1.29, 1.82) is 0 Å². The van der Waals surface area contributed by atoms with E-state index in [0.29, 0.717) is 22.6 Å². The summed E-state index contributed by atoms with van der Waals surface area (Å²) in [6.45, 7) is 1.60. The van der Waals surface area contributed by atoms with Crippen molar-refractivity contribution in [2.45, 2.75) is 12.8 Å². The minimum Gasteiger partial charge on any atom is -0.493 e. The molecule has 0 aliphatic carbocycles. The first-order chi connectivity index (χ1) is 12.9. The number of methoxy groups -OCH3 is 2. The lowest BCUT2D eigenvalue weighted by molar-refractivity contribution is -0.384. The van der Waals surface area contributed by atoms with Crippen LogP contribution in [0, 0.1) is 10.1 Å². The van der Waals surface area contributed by atoms with E-state index in [1.54, 1.807) is 25.1 Å². The molecule has 0 saturated heterocycles. The molecule has 0 fully saturated rings. The summed E-state index contributed by atoms with van der Waals surface area (Å²) in [5.41, 5.74) is 6.84. The first-order valence-electron chi connectivity index (χ1n) is 7.88. The van der Waals surface area contributed by atoms with Gasteiger partial charge in [-0.1, -0.05) is 17.3 Å². The maximum absolute atomic E-state index is 12.2. The minimum absolute atomic E-state index is 0.0137. The van der Waals surface area contributed by atoms with E-state index in [1.165, 1.54) is 38.5 Å². The number of hydrogen-bond donors (Lipinski definition) is 1. The lowest BCUT2D eigenvalue weighted by Crippen LogP contribution is -2.17. The van der Waals surface area contributed by atoms with Gasteiger partial charge in [-0.25, -0.2) is 4.79 Å². The van der Waals surface area contributed by atoms with E-state index in [2.05, 4.69) is 5.16 Å². The van der Waals surface area contributed by atoms with Crippen LogP contribution in [-0.2, 0) is 9.63 Å². The Morgan fingerprint density at radius 1 is 1.11 bits per heavy atom. The summed E-state index contributed by atoms with van der Waals surface area (Å²) in [6.07, 6.45) is 0. The maximum atomic E-state index is 12.2. The number of hydrogen-bond acceptors (Lipinski definition) is 7. The molecule has 9 nitrogen and oxygen atoms in total. The third-order valence-corrected chi connectivity index (χ3v) is 3.87. The largest absolute Gasteiger partial charge is 0.493 e. The Morgan fingerprint density at radius 3 is 2.30 bits per heavy atom. The van der Waals surface area contributed by atoms with Crippen LogP contribution in [0.4, 0.5) is 5.69 Å². The summed E-state index contributed by atoms with van der Waals surface area (Å²) in [5.74, 6) is -0.350. The Hall–Kier alpha value is -3.62. The van der Waals surface area contributed by atoms with Gasteiger partial charge in [0.2, 0.25) is 0 Å². The number of nitro groups is 1. The first-order valence-corrected chi connectivity index (χ1v) is 7.88. The molecule has 0 radical (unpaired) electrons. The molecule has 1 atom stereocenters. The molecule has 0 aromatic heterocycles. The van der Waals surface area contributed by atoms with Crippen LogP contribution in [0.1, 0.15) is 24.0 Å². The summed E-state index contributed by atoms with van der Waals surface area (Å²) in [7, 11) is 3.00. The first kappa shape index (κ1) is 19.7. The van der Waals surface area contributed by atoms with Crippen molar-refractivity contribution >= 4 is 17.5 Å². The van der Waals surface area contributed by atoms with Gasteiger partial charge in [0, 0.05) is 17.7 Å². The number of oxime groups is 1. The van der Waals surface area contributed by atoms with Gasteiger partial charge in [0.25, 0.3) is 5.69 Å². The highest BCUT2D eigenvalue weighted by molar-refractivity contribution is 5.98. The molecule has 2 N–H and O–H groups in total. The number of nitrogens with zero attached hydrogens (tertiary/aromatic N) is 2. The summed E-state index contributed by atoms with van der Waals surface area (Å²) in [5, 5.41) is 14.3. The Morgan fingerprint density at radius 2 is 1.74 bits per heavy atom. The summed E-state index contributed by atoms with van der Waals surface area (Å²) in [4.78, 5) is 27.2. The van der Waals surface area contributed by atoms with E-state index in [0.717, 1.165) is 0 Å². The van der Waals surface area contributed by atoms with Crippen molar-refractivity contribution in [1.82, 2.24) is 0 Å². The minimum atomic E-state index is -0.673. The lowest BCUT2D eigenvalue weighted by Gasteiger charge is -2.10. The molecule has 27 heavy (non-hydrogen) atoms. The number of carbonyl (C=O) groups is 1. The highest BCUT2D eigenvalue weighted by Crippen LogP contribution is 2.27. The van der Waals surface area contributed by atoms with Crippen LogP contribution in [-0.4, -0.2) is 30.9 Å². The average molecular weight is 373 g/mol. The molecule has 1 unspecified atom stereocenters. The molecule has 0 heterocycles. The molecule has 0 aliphatic heterocycles. The lowest BCUT2D eigenvalue weighted by atomic mass is 10.0. The Kier molecular flexibility index (Phi) is 6.32. The van der Waals surface area contributed by atoms with Gasteiger partial charge in [0.1, 0.15) is 0 Å². The van der Waals surface area contributed by atoms with Gasteiger partial charge >= 0.3 is 5.97 Å². The van der Waals surface area contributed by atoms with Crippen molar-refractivity contribution in [2.75, 3.05) is 14.2 Å². The highest BCUT2D eigenvalue weighted by Gasteiger charge is 2.19. The fourth-order valence-electron chi connectivity index (χ4n) is 2.24. The fraction of sp³-hybridized carbons (Fsp3) is 0.222. The second-order valence-electron chi connectivity index (χ2n) is 5.53. The van der Waals surface area contributed by atoms with Gasteiger partial charge in [-0.3, -0.25) is 10.1 Å². The number of benzene rings is 2. The molecular formula is C18H19N3O6. The maximum Gasteiger partial charge on any atom is 0.342 e. The van der Waals surface area contributed by atoms with Gasteiger partial charge in [-0.15, -0.1) is 0 Å². The second-order valence-corrected chi connectivity index (χ2v) is 5.53. The number of amidine groups is 1. The molecule has 0 saturated carbocycles. The molecule has 9 heteroatoms. The van der Waals surface area contributed by atoms with Crippen LogP contribution >= 0.6 is 0 Å². The number of nitrogens with two attached hydrogens (primary N) is 1. The topological polar surface area (TPSA) is 126 Å². The van der Waals surface area contributed by atoms with Crippen LogP contribution in [0.25, 0.3) is 0 Å². The van der Waals surface area contributed by atoms with Gasteiger partial charge in [0.05, 0.1) is 25.1 Å². The number of rotatable bonds is 7. The third-order valence-electron chi connectivity index (χ3n) is 3.87. The van der Waals surface area contributed by atoms with Crippen LogP contribution < -0.4 is 15.2 Å². The van der Waals surface area contributed by atoms with E-state index in [-0.39, 0.29) is 11.5 Å². The molecule has 0 spiro atoms. The van der Waals surface area contributed by atoms with Crippen molar-refractivity contribution in [2.24, 2.45) is 10.9 Å². The quantitative estimate of drug-likeness (QED) is 0.260. The number of non-ortho nitro benzene ring substituents is 1. The molecule has 2 aromatic rings. The van der Waals surface area contributed by atoms with E-state index in [9.17, 15) is 14.9 Å². The van der Waals surface area contributed by atoms with Crippen LogP contribution in [0.5, 0.6) is 11.5 Å². The van der Waals surface area contributed by atoms with E-state index in [1.807, 2.05) is 0 Å². The normalized spacial score (nSPS) is 12.2. The van der Waals surface area contributed by atoms with Crippen molar-refractivity contribution < 1.29 is 24.0 Å². The summed E-state index contributed by atoms with van der Waals surface area (Å²) in [6, 6.07) is 10.5. The molecule has 2 rings (SSSR count). The number of nitro benzene ring substituents is 1. The van der Waals surface area contributed by atoms with Gasteiger partial charge in [-0.05, 0) is 30.7 Å². The van der Waals surface area contributed by atoms with Gasteiger partial charge < -0.3 is 20.0 Å². The highest BCUT2D eigenvalue weighted by atomic mass is 16.7. The predicted molar refractivity (Wildman–Crippen MR) is 97.9 cm³/mol. The summed E-state index contributed by atoms with van der Waals surface area (Å²) < 4.78 is 10.3. The van der Waals surface area contributed by atoms with E-state index in [4.69, 9.17) is 20.0 Å². The van der Waals surface area contributed by atoms with Crippen molar-refractivity contribution in [3.8, 4) is 11.5 Å². The smallest absolute Gasteiger partial charge is 0.342 e. The molecule has 142 valence electrons. The monoisotopic (exact) mass is 373 g/mol. The zero-order valence-electron chi connectivity index (χ0n) is 15.0. The van der Waals surface area contributed by atoms with Crippen molar-refractivity contribution in [3.63, 3.8) is 0 Å². The van der Waals surface area contributed by atoms with Crippen LogP contribution in [0.2, 0.25) is 0 Å². The SMILES string of the molecule is COc1ccc(C(N)=NOC(=O)C(C)c2ccc([N+](=O)[O-])cc2)cc1OC. The van der Waals surface area contributed by atoms with Gasteiger partial charge in [0.15, 0.2) is 17.3 Å². The second kappa shape index (κ2) is 8.65. The van der Waals surface area contributed by atoms with E-state index < -0.39 is 16.8 Å². The average Bonchev–Trinajstić information content (AvgIpc) is 2.70. The number of carbonyl (C=O) groups excluding carboxylic acids is 1. The molecular weight excluding hydrogens is 354 g/mol. The third kappa shape index (κ3) is 4.72. The van der Waals surface area contributed by atoms with Crippen molar-refractivity contribution in [3.05, 3.63) is 63.7 Å². The Bertz CT molecular complexity index is 864. The molecule has 2 aromatic carbocycles. The van der Waals surface area contributed by atoms with Crippen LogP contribution in [0.3, 0.4) is 0 Å². The predicted octanol–water partition coefficient (Wildman–Crippen LogP) is 2.58. The zero-order chi connectivity index (χ0) is 20.0. The Balaban J connectivity index is 2.09. The molecule has 0 amide bonds. The summed E-state index contributed by atoms with van der Waals surface area (Å²) >= 11 is 0. The molecule has 0 aliphatic rings. The standard InChI is InChI=1S/C18H19N3O6/c1-11(12-4-7-14(8-5-12)21(23)24)18(22)27-20-17(19)13-6-9-15(25-2)16(10-13)26-3/h4-11H,1-3H3,(H2,19,20). The van der Waals surface area contributed by atoms with E-state index >= 15 is 0 Å². The Labute approximate surface area is 155 Å². The zero-order valence-corrected chi connectivity index (χ0v) is 15.0. The fourth-order valence-corrected chi connectivity index (χ4v) is 2.24. The molecule has 0 bridgehead atoms.